The lowest BCUT2D eigenvalue weighted by molar-refractivity contribution is 0.154. The van der Waals surface area contributed by atoms with Crippen LogP contribution in [0.3, 0.4) is 0 Å². The van der Waals surface area contributed by atoms with E-state index in [1.165, 1.54) is 94.6 Å². The van der Waals surface area contributed by atoms with Gasteiger partial charge in [-0.3, -0.25) is 0 Å². The summed E-state index contributed by atoms with van der Waals surface area (Å²) in [4.78, 5) is 0. The third-order valence-electron chi connectivity index (χ3n) is 8.22. The van der Waals surface area contributed by atoms with Crippen molar-refractivity contribution in [3.05, 3.63) is 46.3 Å². The highest BCUT2D eigenvalue weighted by Crippen LogP contribution is 2.34. The third-order valence-corrected chi connectivity index (χ3v) is 8.22. The van der Waals surface area contributed by atoms with Crippen molar-refractivity contribution in [1.29, 1.82) is 0 Å². The summed E-state index contributed by atoms with van der Waals surface area (Å²) in [5.41, 5.74) is 5.55. The molecule has 0 amide bonds. The molecule has 0 aromatic heterocycles. The van der Waals surface area contributed by atoms with Crippen LogP contribution in [0.2, 0.25) is 0 Å². The molecule has 1 aliphatic rings. The first-order chi connectivity index (χ1) is 17.8. The molecular weight excluding hydrogens is 452 g/mol. The second kappa shape index (κ2) is 20.7. The molecule has 214 valence electrons. The Morgan fingerprint density at radius 2 is 1.54 bits per heavy atom. The van der Waals surface area contributed by atoms with E-state index in [2.05, 4.69) is 66.7 Å². The Morgan fingerprint density at radius 3 is 2.27 bits per heavy atom. The van der Waals surface area contributed by atoms with Crippen LogP contribution in [0.25, 0.3) is 0 Å². The predicted molar refractivity (Wildman–Crippen MR) is 164 cm³/mol. The van der Waals surface area contributed by atoms with Crippen LogP contribution in [0.1, 0.15) is 151 Å². The SMILES string of the molecule is CCCCC=C(C)CCC=C(C)CCCC(C)CCC1=CC(O)C(C)C(C)=C1OCCCCCCCC. The minimum absolute atomic E-state index is 0.145. The Hall–Kier alpha value is -1.28. The van der Waals surface area contributed by atoms with Gasteiger partial charge in [0.2, 0.25) is 0 Å². The number of aliphatic hydroxyl groups is 1. The average Bonchev–Trinajstić information content (AvgIpc) is 2.87. The van der Waals surface area contributed by atoms with Gasteiger partial charge in [0, 0.05) is 5.92 Å². The molecule has 0 fully saturated rings. The molecule has 0 heterocycles. The molecule has 3 unspecified atom stereocenters. The fourth-order valence-electron chi connectivity index (χ4n) is 5.18. The normalized spacial score (nSPS) is 19.8. The maximum Gasteiger partial charge on any atom is 0.121 e. The molecule has 2 nitrogen and oxygen atoms in total. The van der Waals surface area contributed by atoms with Gasteiger partial charge < -0.3 is 9.84 Å². The van der Waals surface area contributed by atoms with Crippen LogP contribution in [-0.4, -0.2) is 17.8 Å². The monoisotopic (exact) mass is 514 g/mol. The number of aliphatic hydroxyl groups excluding tert-OH is 1. The fourth-order valence-corrected chi connectivity index (χ4v) is 5.18. The molecule has 0 aromatic rings. The molecule has 37 heavy (non-hydrogen) atoms. The largest absolute Gasteiger partial charge is 0.493 e. The van der Waals surface area contributed by atoms with E-state index in [-0.39, 0.29) is 12.0 Å². The Morgan fingerprint density at radius 1 is 0.892 bits per heavy atom. The summed E-state index contributed by atoms with van der Waals surface area (Å²) in [5, 5.41) is 10.6. The summed E-state index contributed by atoms with van der Waals surface area (Å²) >= 11 is 0. The van der Waals surface area contributed by atoms with Gasteiger partial charge in [-0.15, -0.1) is 0 Å². The molecule has 2 heteroatoms. The summed E-state index contributed by atoms with van der Waals surface area (Å²) < 4.78 is 6.35. The summed E-state index contributed by atoms with van der Waals surface area (Å²) in [6.07, 6.45) is 26.4. The maximum absolute atomic E-state index is 10.6. The molecule has 1 aliphatic carbocycles. The van der Waals surface area contributed by atoms with Crippen molar-refractivity contribution in [2.24, 2.45) is 11.8 Å². The molecule has 0 saturated carbocycles. The maximum atomic E-state index is 10.6. The zero-order valence-electron chi connectivity index (χ0n) is 25.8. The molecule has 0 aromatic carbocycles. The van der Waals surface area contributed by atoms with Crippen LogP contribution >= 0.6 is 0 Å². The van der Waals surface area contributed by atoms with E-state index in [0.29, 0.717) is 5.92 Å². The van der Waals surface area contributed by atoms with Crippen LogP contribution in [0.15, 0.2) is 46.3 Å². The Labute approximate surface area is 231 Å². The topological polar surface area (TPSA) is 29.5 Å². The first-order valence-electron chi connectivity index (χ1n) is 15.8. The molecular formula is C35H62O2. The predicted octanol–water partition coefficient (Wildman–Crippen LogP) is 11.0. The van der Waals surface area contributed by atoms with Gasteiger partial charge in [-0.1, -0.05) is 102 Å². The molecule has 0 bridgehead atoms. The molecule has 1 N–H and O–H groups in total. The summed E-state index contributed by atoms with van der Waals surface area (Å²) in [5.74, 6) is 1.91. The number of hydrogen-bond acceptors (Lipinski definition) is 2. The number of ether oxygens (including phenoxy) is 1. The average molecular weight is 515 g/mol. The van der Waals surface area contributed by atoms with Crippen LogP contribution in [0.5, 0.6) is 0 Å². The van der Waals surface area contributed by atoms with Gasteiger partial charge in [0.05, 0.1) is 12.7 Å². The number of allylic oxidation sites excluding steroid dienone is 5. The molecule has 0 spiro atoms. The van der Waals surface area contributed by atoms with Crippen molar-refractivity contribution in [3.63, 3.8) is 0 Å². The first-order valence-corrected chi connectivity index (χ1v) is 15.8. The van der Waals surface area contributed by atoms with Gasteiger partial charge >= 0.3 is 0 Å². The third kappa shape index (κ3) is 15.0. The Bertz CT molecular complexity index is 724. The summed E-state index contributed by atoms with van der Waals surface area (Å²) in [6.45, 7) is 16.6. The highest BCUT2D eigenvalue weighted by atomic mass is 16.5. The van der Waals surface area contributed by atoms with Crippen LogP contribution in [0, 0.1) is 11.8 Å². The van der Waals surface area contributed by atoms with E-state index in [4.69, 9.17) is 4.74 Å². The van der Waals surface area contributed by atoms with E-state index in [1.54, 1.807) is 11.1 Å². The second-order valence-corrected chi connectivity index (χ2v) is 11.9. The van der Waals surface area contributed by atoms with Crippen LogP contribution < -0.4 is 0 Å². The highest BCUT2D eigenvalue weighted by molar-refractivity contribution is 5.37. The number of hydrogen-bond donors (Lipinski definition) is 1. The lowest BCUT2D eigenvalue weighted by Gasteiger charge is -2.29. The highest BCUT2D eigenvalue weighted by Gasteiger charge is 2.26. The van der Waals surface area contributed by atoms with Crippen molar-refractivity contribution in [3.8, 4) is 0 Å². The van der Waals surface area contributed by atoms with Crippen molar-refractivity contribution in [1.82, 2.24) is 0 Å². The molecule has 0 saturated heterocycles. The Kier molecular flexibility index (Phi) is 18.8. The van der Waals surface area contributed by atoms with E-state index >= 15 is 0 Å². The van der Waals surface area contributed by atoms with Crippen LogP contribution in [-0.2, 0) is 4.74 Å². The fraction of sp³-hybridized carbons (Fsp3) is 0.771. The van der Waals surface area contributed by atoms with Gasteiger partial charge in [-0.25, -0.2) is 0 Å². The minimum atomic E-state index is -0.385. The van der Waals surface area contributed by atoms with E-state index in [0.717, 1.165) is 31.6 Å². The molecule has 0 radical (unpaired) electrons. The molecule has 3 atom stereocenters. The summed E-state index contributed by atoms with van der Waals surface area (Å²) in [6, 6.07) is 0. The van der Waals surface area contributed by atoms with Crippen LogP contribution in [0.4, 0.5) is 0 Å². The van der Waals surface area contributed by atoms with Crippen molar-refractivity contribution < 1.29 is 9.84 Å². The standard InChI is InChI=1S/C35H62O2/c1-8-10-12-13-14-16-26-37-35-32(7)31(6)34(36)27-33(35)25-24-30(5)23-18-22-29(4)21-17-20-28(3)19-15-11-9-2/h19,21,27,30-31,34,36H,8-18,20,22-26H2,1-7H3. The van der Waals surface area contributed by atoms with Gasteiger partial charge in [0.15, 0.2) is 0 Å². The van der Waals surface area contributed by atoms with Crippen molar-refractivity contribution >= 4 is 0 Å². The number of rotatable bonds is 21. The van der Waals surface area contributed by atoms with Crippen molar-refractivity contribution in [2.75, 3.05) is 6.61 Å². The van der Waals surface area contributed by atoms with E-state index in [9.17, 15) is 5.11 Å². The zero-order chi connectivity index (χ0) is 27.5. The quantitative estimate of drug-likeness (QED) is 0.122. The zero-order valence-corrected chi connectivity index (χ0v) is 25.8. The van der Waals surface area contributed by atoms with E-state index in [1.807, 2.05) is 0 Å². The second-order valence-electron chi connectivity index (χ2n) is 11.9. The lowest BCUT2D eigenvalue weighted by atomic mass is 9.84. The molecule has 0 aliphatic heterocycles. The van der Waals surface area contributed by atoms with Gasteiger partial charge in [0.1, 0.15) is 5.76 Å². The van der Waals surface area contributed by atoms with E-state index < -0.39 is 0 Å². The van der Waals surface area contributed by atoms with Crippen molar-refractivity contribution in [2.45, 2.75) is 157 Å². The minimum Gasteiger partial charge on any atom is -0.493 e. The smallest absolute Gasteiger partial charge is 0.121 e. The molecule has 1 rings (SSSR count). The van der Waals surface area contributed by atoms with Gasteiger partial charge in [-0.2, -0.15) is 0 Å². The summed E-state index contributed by atoms with van der Waals surface area (Å²) in [7, 11) is 0. The first kappa shape index (κ1) is 33.7. The van der Waals surface area contributed by atoms with Gasteiger partial charge in [0.25, 0.3) is 0 Å². The Balaban J connectivity index is 2.41. The lowest BCUT2D eigenvalue weighted by Crippen LogP contribution is -2.23. The van der Waals surface area contributed by atoms with Gasteiger partial charge in [-0.05, 0) is 95.3 Å². The number of unbranched alkanes of at least 4 members (excludes halogenated alkanes) is 7.